The van der Waals surface area contributed by atoms with Crippen LogP contribution in [0.3, 0.4) is 0 Å². The largest absolute Gasteiger partial charge is 0.416 e. The van der Waals surface area contributed by atoms with Crippen molar-refractivity contribution >= 4 is 23.4 Å². The van der Waals surface area contributed by atoms with Crippen LogP contribution in [0, 0.1) is 0 Å². The highest BCUT2D eigenvalue weighted by Crippen LogP contribution is 2.33. The van der Waals surface area contributed by atoms with E-state index in [4.69, 9.17) is 11.6 Å². The zero-order valence-electron chi connectivity index (χ0n) is 15.7. The van der Waals surface area contributed by atoms with Crippen molar-refractivity contribution in [3.63, 3.8) is 0 Å². The molecule has 1 heterocycles. The first-order valence-electron chi connectivity index (χ1n) is 9.31. The van der Waals surface area contributed by atoms with Crippen molar-refractivity contribution in [3.05, 3.63) is 35.4 Å². The summed E-state index contributed by atoms with van der Waals surface area (Å²) in [7, 11) is 0. The third-order valence-electron chi connectivity index (χ3n) is 4.95. The molecule has 0 unspecified atom stereocenters. The number of nitrogens with zero attached hydrogens (tertiary/aromatic N) is 1. The number of halogens is 4. The molecule has 2 rings (SSSR count). The lowest BCUT2D eigenvalue weighted by atomic mass is 9.88. The van der Waals surface area contributed by atoms with Crippen molar-refractivity contribution < 1.29 is 33.0 Å². The highest BCUT2D eigenvalue weighted by atomic mass is 35.5. The summed E-state index contributed by atoms with van der Waals surface area (Å²) in [6.45, 7) is 0.753. The highest BCUT2D eigenvalue weighted by Gasteiger charge is 2.35. The van der Waals surface area contributed by atoms with Crippen molar-refractivity contribution in [2.45, 2.75) is 43.6 Å². The van der Waals surface area contributed by atoms with E-state index in [2.05, 4.69) is 5.32 Å². The van der Waals surface area contributed by atoms with E-state index in [1.165, 1.54) is 17.0 Å². The Morgan fingerprint density at radius 1 is 1.14 bits per heavy atom. The molecule has 1 aliphatic heterocycles. The minimum absolute atomic E-state index is 0.0118. The minimum Gasteiger partial charge on any atom is -0.380 e. The van der Waals surface area contributed by atoms with E-state index >= 15 is 0 Å². The molecule has 0 aromatic heterocycles. The molecule has 1 aromatic rings. The van der Waals surface area contributed by atoms with Crippen molar-refractivity contribution in [2.75, 3.05) is 25.5 Å². The number of carbonyl (C=O) groups is 2. The fraction of sp³-hybridized carbons (Fsp3) is 0.579. The van der Waals surface area contributed by atoms with Crippen molar-refractivity contribution in [3.8, 4) is 0 Å². The molecule has 6 nitrogen and oxygen atoms in total. The first-order valence-corrected chi connectivity index (χ1v) is 9.84. The Kier molecular flexibility index (Phi) is 8.30. The van der Waals surface area contributed by atoms with Crippen molar-refractivity contribution in [2.24, 2.45) is 0 Å². The average Bonchev–Trinajstić information content (AvgIpc) is 2.71. The van der Waals surface area contributed by atoms with Gasteiger partial charge in [0.25, 0.3) is 11.8 Å². The number of aliphatic hydroxyl groups excluding tert-OH is 2. The lowest BCUT2D eigenvalue weighted by molar-refractivity contribution is -0.153. The molecule has 10 heteroatoms. The van der Waals surface area contributed by atoms with Gasteiger partial charge in [-0.05, 0) is 42.9 Å². The number of nitrogens with one attached hydrogen (secondary N) is 1. The molecule has 1 saturated heterocycles. The Balaban J connectivity index is 1.87. The summed E-state index contributed by atoms with van der Waals surface area (Å²) in [5, 5.41) is 22.3. The van der Waals surface area contributed by atoms with E-state index in [9.17, 15) is 33.0 Å². The van der Waals surface area contributed by atoms with Crippen LogP contribution in [-0.4, -0.2) is 64.6 Å². The molecule has 1 aromatic carbocycles. The maximum absolute atomic E-state index is 12.7. The number of piperidine rings is 1. The van der Waals surface area contributed by atoms with Crippen LogP contribution < -0.4 is 5.32 Å². The number of hydrogen-bond donors (Lipinski definition) is 3. The van der Waals surface area contributed by atoms with Gasteiger partial charge in [0.1, 0.15) is 0 Å². The number of alkyl halides is 4. The monoisotopic (exact) mass is 436 g/mol. The Labute approximate surface area is 171 Å². The smallest absolute Gasteiger partial charge is 0.380 e. The van der Waals surface area contributed by atoms with Crippen LogP contribution in [0.15, 0.2) is 24.3 Å². The van der Waals surface area contributed by atoms with Crippen LogP contribution >= 0.6 is 11.6 Å². The first kappa shape index (κ1) is 23.4. The summed E-state index contributed by atoms with van der Waals surface area (Å²) in [4.78, 5) is 25.5. The molecule has 1 fully saturated rings. The second-order valence-electron chi connectivity index (χ2n) is 6.94. The number of rotatable bonds is 7. The van der Waals surface area contributed by atoms with Gasteiger partial charge in [0.05, 0.1) is 5.56 Å². The number of aliphatic hydroxyl groups is 2. The molecular weight excluding hydrogens is 413 g/mol. The SMILES string of the molecule is O=C(NCCCCl)[C@H](O)[C@@H](O)C(=O)N1CCC(c2ccc(C(F)(F)F)cc2)CC1. The summed E-state index contributed by atoms with van der Waals surface area (Å²) in [6.07, 6.45) is -6.66. The van der Waals surface area contributed by atoms with Crippen LogP contribution in [-0.2, 0) is 15.8 Å². The highest BCUT2D eigenvalue weighted by molar-refractivity contribution is 6.17. The van der Waals surface area contributed by atoms with E-state index in [-0.39, 0.29) is 25.6 Å². The van der Waals surface area contributed by atoms with Gasteiger partial charge >= 0.3 is 6.18 Å². The summed E-state index contributed by atoms with van der Waals surface area (Å²) in [5.74, 6) is -1.29. The van der Waals surface area contributed by atoms with Crippen molar-refractivity contribution in [1.82, 2.24) is 10.2 Å². The first-order chi connectivity index (χ1) is 13.6. The molecule has 3 N–H and O–H groups in total. The normalized spacial score (nSPS) is 17.7. The number of hydrogen-bond acceptors (Lipinski definition) is 4. The maximum atomic E-state index is 12.7. The quantitative estimate of drug-likeness (QED) is 0.449. The second kappa shape index (κ2) is 10.3. The van der Waals surface area contributed by atoms with Crippen LogP contribution in [0.5, 0.6) is 0 Å². The Hall–Kier alpha value is -1.84. The lowest BCUT2D eigenvalue weighted by Gasteiger charge is -2.34. The predicted octanol–water partition coefficient (Wildman–Crippen LogP) is 1.88. The number of carbonyl (C=O) groups excluding carboxylic acids is 2. The van der Waals surface area contributed by atoms with Gasteiger partial charge in [-0.1, -0.05) is 12.1 Å². The molecular formula is C19H24ClF3N2O4. The lowest BCUT2D eigenvalue weighted by Crippen LogP contribution is -2.52. The van der Waals surface area contributed by atoms with E-state index in [1.54, 1.807) is 0 Å². The zero-order chi connectivity index (χ0) is 21.6. The Morgan fingerprint density at radius 3 is 2.24 bits per heavy atom. The third kappa shape index (κ3) is 6.32. The molecule has 1 aliphatic rings. The van der Waals surface area contributed by atoms with Crippen LogP contribution in [0.25, 0.3) is 0 Å². The summed E-state index contributed by atoms with van der Waals surface area (Å²) < 4.78 is 38.0. The average molecular weight is 437 g/mol. The number of likely N-dealkylation sites (tertiary alicyclic amines) is 1. The van der Waals surface area contributed by atoms with Gasteiger partial charge in [-0.2, -0.15) is 13.2 Å². The van der Waals surface area contributed by atoms with Gasteiger partial charge in [0.2, 0.25) is 0 Å². The minimum atomic E-state index is -4.39. The topological polar surface area (TPSA) is 89.9 Å². The van der Waals surface area contributed by atoms with Gasteiger partial charge in [-0.15, -0.1) is 11.6 Å². The molecule has 0 saturated carbocycles. The fourth-order valence-corrected chi connectivity index (χ4v) is 3.36. The molecule has 0 radical (unpaired) electrons. The molecule has 2 atom stereocenters. The van der Waals surface area contributed by atoms with Gasteiger partial charge in [-0.3, -0.25) is 9.59 Å². The maximum Gasteiger partial charge on any atom is 0.416 e. The van der Waals surface area contributed by atoms with Gasteiger partial charge in [0.15, 0.2) is 12.2 Å². The fourth-order valence-electron chi connectivity index (χ4n) is 3.23. The van der Waals surface area contributed by atoms with Gasteiger partial charge < -0.3 is 20.4 Å². The molecule has 0 spiro atoms. The van der Waals surface area contributed by atoms with Crippen LogP contribution in [0.1, 0.15) is 36.3 Å². The molecule has 29 heavy (non-hydrogen) atoms. The van der Waals surface area contributed by atoms with Crippen LogP contribution in [0.2, 0.25) is 0 Å². The molecule has 162 valence electrons. The standard InChI is InChI=1S/C19H24ClF3N2O4/c20-8-1-9-24-17(28)15(26)16(27)18(29)25-10-6-13(7-11-25)12-2-4-14(5-3-12)19(21,22)23/h2-5,13,15-16,26-27H,1,6-11H2,(H,24,28)/t15-,16-/m1/s1. The predicted molar refractivity (Wildman–Crippen MR) is 100 cm³/mol. The van der Waals surface area contributed by atoms with E-state index in [0.717, 1.165) is 17.7 Å². The van der Waals surface area contributed by atoms with Gasteiger partial charge in [0, 0.05) is 25.5 Å². The zero-order valence-corrected chi connectivity index (χ0v) is 16.4. The van der Waals surface area contributed by atoms with E-state index in [0.29, 0.717) is 25.1 Å². The second-order valence-corrected chi connectivity index (χ2v) is 7.32. The number of amides is 2. The molecule has 0 bridgehead atoms. The Morgan fingerprint density at radius 2 is 1.72 bits per heavy atom. The molecule has 0 aliphatic carbocycles. The number of benzene rings is 1. The Bertz CT molecular complexity index is 692. The van der Waals surface area contributed by atoms with E-state index in [1.807, 2.05) is 0 Å². The summed E-state index contributed by atoms with van der Waals surface area (Å²) in [6, 6.07) is 4.95. The van der Waals surface area contributed by atoms with Crippen molar-refractivity contribution in [1.29, 1.82) is 0 Å². The van der Waals surface area contributed by atoms with Gasteiger partial charge in [-0.25, -0.2) is 0 Å². The van der Waals surface area contributed by atoms with E-state index < -0.39 is 35.8 Å². The van der Waals surface area contributed by atoms with Crippen LogP contribution in [0.4, 0.5) is 13.2 Å². The third-order valence-corrected chi connectivity index (χ3v) is 5.21. The summed E-state index contributed by atoms with van der Waals surface area (Å²) >= 11 is 5.49. The summed E-state index contributed by atoms with van der Waals surface area (Å²) in [5.41, 5.74) is 0.0413. The molecule has 2 amide bonds.